The van der Waals surface area contributed by atoms with Gasteiger partial charge in [-0.15, -0.1) is 0 Å². The molecule has 0 amide bonds. The van der Waals surface area contributed by atoms with Gasteiger partial charge in [0.15, 0.2) is 0 Å². The van der Waals surface area contributed by atoms with Crippen LogP contribution in [0.2, 0.25) is 0 Å². The molecule has 15 heavy (non-hydrogen) atoms. The number of halogens is 1. The van der Waals surface area contributed by atoms with Gasteiger partial charge in [-0.1, -0.05) is 13.0 Å². The Kier molecular flexibility index (Phi) is 4.61. The Balaban J connectivity index is 2.92. The monoisotopic (exact) mass is 227 g/mol. The fourth-order valence-corrected chi connectivity index (χ4v) is 2.38. The molecule has 0 heterocycles. The standard InChI is InChI=1S/C12H18FNS/c1-4-15-7-11(14)12-9(3)5-8(2)6-10(12)13/h5-6,11H,4,7,14H2,1-3H3. The molecule has 0 fully saturated rings. The van der Waals surface area contributed by atoms with Gasteiger partial charge in [0.25, 0.3) is 0 Å². The van der Waals surface area contributed by atoms with Crippen molar-refractivity contribution in [3.05, 3.63) is 34.6 Å². The minimum atomic E-state index is -0.199. The highest BCUT2D eigenvalue weighted by atomic mass is 32.2. The van der Waals surface area contributed by atoms with E-state index in [-0.39, 0.29) is 11.9 Å². The molecular formula is C12H18FNS. The molecule has 0 aliphatic rings. The summed E-state index contributed by atoms with van der Waals surface area (Å²) in [6.45, 7) is 5.89. The normalized spacial score (nSPS) is 12.9. The number of nitrogens with two attached hydrogens (primary N) is 1. The number of thioether (sulfide) groups is 1. The van der Waals surface area contributed by atoms with Crippen LogP contribution in [0.25, 0.3) is 0 Å². The minimum absolute atomic E-state index is 0.170. The van der Waals surface area contributed by atoms with Crippen LogP contribution in [0, 0.1) is 19.7 Å². The lowest BCUT2D eigenvalue weighted by molar-refractivity contribution is 0.591. The first kappa shape index (κ1) is 12.5. The van der Waals surface area contributed by atoms with Gasteiger partial charge in [0, 0.05) is 17.4 Å². The van der Waals surface area contributed by atoms with E-state index in [1.807, 2.05) is 19.9 Å². The molecule has 1 atom stereocenters. The molecule has 2 N–H and O–H groups in total. The lowest BCUT2D eigenvalue weighted by atomic mass is 10.00. The first-order chi connectivity index (χ1) is 7.06. The third-order valence-corrected chi connectivity index (χ3v) is 3.36. The van der Waals surface area contributed by atoms with Crippen LogP contribution < -0.4 is 5.73 Å². The van der Waals surface area contributed by atoms with Crippen molar-refractivity contribution in [3.63, 3.8) is 0 Å². The molecular weight excluding hydrogens is 209 g/mol. The van der Waals surface area contributed by atoms with Crippen LogP contribution in [0.4, 0.5) is 4.39 Å². The van der Waals surface area contributed by atoms with Gasteiger partial charge in [-0.2, -0.15) is 11.8 Å². The summed E-state index contributed by atoms with van der Waals surface area (Å²) in [4.78, 5) is 0. The highest BCUT2D eigenvalue weighted by Crippen LogP contribution is 2.23. The summed E-state index contributed by atoms with van der Waals surface area (Å²) in [5, 5.41) is 0. The summed E-state index contributed by atoms with van der Waals surface area (Å²) in [7, 11) is 0. The Bertz CT molecular complexity index is 315. The molecule has 0 saturated heterocycles. The van der Waals surface area contributed by atoms with Gasteiger partial charge in [-0.25, -0.2) is 4.39 Å². The van der Waals surface area contributed by atoms with Gasteiger partial charge in [0.1, 0.15) is 5.82 Å². The molecule has 0 bridgehead atoms. The van der Waals surface area contributed by atoms with Crippen LogP contribution in [0.1, 0.15) is 29.7 Å². The van der Waals surface area contributed by atoms with Crippen LogP contribution in [0.15, 0.2) is 12.1 Å². The quantitative estimate of drug-likeness (QED) is 0.855. The summed E-state index contributed by atoms with van der Waals surface area (Å²) in [6, 6.07) is 3.34. The Hall–Kier alpha value is -0.540. The molecule has 1 aromatic carbocycles. The Morgan fingerprint density at radius 2 is 2.07 bits per heavy atom. The second-order valence-corrected chi connectivity index (χ2v) is 5.06. The maximum absolute atomic E-state index is 13.7. The fourth-order valence-electron chi connectivity index (χ4n) is 1.72. The number of aryl methyl sites for hydroxylation is 2. The molecule has 0 spiro atoms. The first-order valence-electron chi connectivity index (χ1n) is 5.16. The van der Waals surface area contributed by atoms with Crippen molar-refractivity contribution in [2.75, 3.05) is 11.5 Å². The van der Waals surface area contributed by atoms with Crippen LogP contribution in [0.5, 0.6) is 0 Å². The van der Waals surface area contributed by atoms with Crippen molar-refractivity contribution in [2.24, 2.45) is 5.73 Å². The highest BCUT2D eigenvalue weighted by Gasteiger charge is 2.14. The van der Waals surface area contributed by atoms with Crippen LogP contribution in [-0.4, -0.2) is 11.5 Å². The number of hydrogen-bond acceptors (Lipinski definition) is 2. The van der Waals surface area contributed by atoms with Crippen molar-refractivity contribution in [2.45, 2.75) is 26.8 Å². The summed E-state index contributed by atoms with van der Waals surface area (Å²) >= 11 is 1.74. The second kappa shape index (κ2) is 5.52. The third-order valence-electron chi connectivity index (χ3n) is 2.35. The summed E-state index contributed by atoms with van der Waals surface area (Å²) in [6.07, 6.45) is 0. The number of benzene rings is 1. The zero-order valence-electron chi connectivity index (χ0n) is 9.51. The average Bonchev–Trinajstić information content (AvgIpc) is 2.12. The average molecular weight is 227 g/mol. The summed E-state index contributed by atoms with van der Waals surface area (Å²) < 4.78 is 13.7. The van der Waals surface area contributed by atoms with Crippen molar-refractivity contribution >= 4 is 11.8 Å². The van der Waals surface area contributed by atoms with E-state index in [2.05, 4.69) is 6.92 Å². The van der Waals surface area contributed by atoms with Crippen molar-refractivity contribution in [3.8, 4) is 0 Å². The maximum atomic E-state index is 13.7. The fraction of sp³-hybridized carbons (Fsp3) is 0.500. The van der Waals surface area contributed by atoms with Crippen LogP contribution in [-0.2, 0) is 0 Å². The zero-order chi connectivity index (χ0) is 11.4. The van der Waals surface area contributed by atoms with E-state index in [1.54, 1.807) is 17.8 Å². The predicted molar refractivity (Wildman–Crippen MR) is 65.8 cm³/mol. The van der Waals surface area contributed by atoms with Gasteiger partial charge >= 0.3 is 0 Å². The van der Waals surface area contributed by atoms with Gasteiger partial charge in [0.2, 0.25) is 0 Å². The molecule has 0 aliphatic carbocycles. The van der Waals surface area contributed by atoms with Crippen LogP contribution in [0.3, 0.4) is 0 Å². The predicted octanol–water partition coefficient (Wildman–Crippen LogP) is 3.20. The van der Waals surface area contributed by atoms with Gasteiger partial charge in [-0.05, 0) is 36.8 Å². The number of hydrogen-bond donors (Lipinski definition) is 1. The second-order valence-electron chi connectivity index (χ2n) is 3.74. The molecule has 1 unspecified atom stereocenters. The lowest BCUT2D eigenvalue weighted by Crippen LogP contribution is -2.16. The number of rotatable bonds is 4. The molecule has 3 heteroatoms. The topological polar surface area (TPSA) is 26.0 Å². The molecule has 0 aromatic heterocycles. The zero-order valence-corrected chi connectivity index (χ0v) is 10.3. The molecule has 84 valence electrons. The van der Waals surface area contributed by atoms with E-state index >= 15 is 0 Å². The molecule has 0 radical (unpaired) electrons. The molecule has 1 nitrogen and oxygen atoms in total. The molecule has 1 rings (SSSR count). The van der Waals surface area contributed by atoms with Crippen LogP contribution >= 0.6 is 11.8 Å². The highest BCUT2D eigenvalue weighted by molar-refractivity contribution is 7.99. The Labute approximate surface area is 95.2 Å². The summed E-state index contributed by atoms with van der Waals surface area (Å²) in [5.74, 6) is 1.62. The van der Waals surface area contributed by atoms with Gasteiger partial charge in [0.05, 0.1) is 0 Å². The van der Waals surface area contributed by atoms with E-state index in [0.29, 0.717) is 5.56 Å². The van der Waals surface area contributed by atoms with Gasteiger partial charge < -0.3 is 5.73 Å². The van der Waals surface area contributed by atoms with E-state index in [4.69, 9.17) is 5.73 Å². The minimum Gasteiger partial charge on any atom is -0.323 e. The van der Waals surface area contributed by atoms with Gasteiger partial charge in [-0.3, -0.25) is 0 Å². The molecule has 1 aromatic rings. The van der Waals surface area contributed by atoms with Crippen molar-refractivity contribution in [1.29, 1.82) is 0 Å². The van der Waals surface area contributed by atoms with E-state index in [0.717, 1.165) is 22.6 Å². The molecule has 0 saturated carbocycles. The smallest absolute Gasteiger partial charge is 0.128 e. The van der Waals surface area contributed by atoms with Crippen molar-refractivity contribution in [1.82, 2.24) is 0 Å². The maximum Gasteiger partial charge on any atom is 0.128 e. The summed E-state index contributed by atoms with van der Waals surface area (Å²) in [5.41, 5.74) is 8.54. The van der Waals surface area contributed by atoms with E-state index < -0.39 is 0 Å². The SMILES string of the molecule is CCSCC(N)c1c(C)cc(C)cc1F. The third kappa shape index (κ3) is 3.21. The van der Waals surface area contributed by atoms with Crippen molar-refractivity contribution < 1.29 is 4.39 Å². The Morgan fingerprint density at radius 3 is 2.60 bits per heavy atom. The Morgan fingerprint density at radius 1 is 1.40 bits per heavy atom. The largest absolute Gasteiger partial charge is 0.323 e. The van der Waals surface area contributed by atoms with E-state index in [1.165, 1.54) is 0 Å². The first-order valence-corrected chi connectivity index (χ1v) is 6.31. The molecule has 0 aliphatic heterocycles. The lowest BCUT2D eigenvalue weighted by Gasteiger charge is -2.15. The van der Waals surface area contributed by atoms with E-state index in [9.17, 15) is 4.39 Å².